The Morgan fingerprint density at radius 1 is 1.62 bits per heavy atom. The normalized spacial score (nSPS) is 20.6. The van der Waals surface area contributed by atoms with Gasteiger partial charge in [0.2, 0.25) is 5.91 Å². The third kappa shape index (κ3) is 2.21. The Hall–Kier alpha value is -1.03. The number of thioether (sulfide) groups is 1. The van der Waals surface area contributed by atoms with Crippen LogP contribution in [0.3, 0.4) is 0 Å². The van der Waals surface area contributed by atoms with Gasteiger partial charge in [-0.25, -0.2) is 0 Å². The Balaban J connectivity index is 1.77. The van der Waals surface area contributed by atoms with E-state index in [0.717, 1.165) is 11.4 Å². The molecule has 1 N–H and O–H groups in total. The predicted molar refractivity (Wildman–Crippen MR) is 52.1 cm³/mol. The fourth-order valence-corrected chi connectivity index (χ4v) is 2.12. The molecule has 0 aromatic carbocycles. The lowest BCUT2D eigenvalue weighted by atomic mass is 10.3. The highest BCUT2D eigenvalue weighted by Gasteiger charge is 2.25. The van der Waals surface area contributed by atoms with Gasteiger partial charge < -0.3 is 5.32 Å². The van der Waals surface area contributed by atoms with E-state index in [2.05, 4.69) is 10.3 Å². The summed E-state index contributed by atoms with van der Waals surface area (Å²) in [4.78, 5) is 14.8. The first-order valence-electron chi connectivity index (χ1n) is 4.15. The minimum atomic E-state index is 0.151. The zero-order valence-electron chi connectivity index (χ0n) is 7.06. The summed E-state index contributed by atoms with van der Waals surface area (Å²) in [6.07, 6.45) is 2.44. The molecular weight excluding hydrogens is 184 g/mol. The third-order valence-electron chi connectivity index (χ3n) is 1.85. The highest BCUT2D eigenvalue weighted by atomic mass is 32.2. The Bertz CT molecular complexity index is 294. The van der Waals surface area contributed by atoms with Crippen LogP contribution >= 0.6 is 11.8 Å². The van der Waals surface area contributed by atoms with Crippen LogP contribution in [0.2, 0.25) is 0 Å². The maximum atomic E-state index is 10.6. The van der Waals surface area contributed by atoms with Gasteiger partial charge in [0.1, 0.15) is 0 Å². The average molecular weight is 194 g/mol. The lowest BCUT2D eigenvalue weighted by Crippen LogP contribution is -2.46. The summed E-state index contributed by atoms with van der Waals surface area (Å²) in [5, 5.41) is 3.11. The topological polar surface area (TPSA) is 42.0 Å². The van der Waals surface area contributed by atoms with Crippen LogP contribution in [0.15, 0.2) is 24.4 Å². The first kappa shape index (κ1) is 8.56. The van der Waals surface area contributed by atoms with Gasteiger partial charge in [0.25, 0.3) is 0 Å². The summed E-state index contributed by atoms with van der Waals surface area (Å²) < 4.78 is 0. The number of β-lactam (4-membered cyclic amide) rings is 1. The molecule has 1 saturated heterocycles. The smallest absolute Gasteiger partial charge is 0.223 e. The third-order valence-corrected chi connectivity index (χ3v) is 3.00. The second-order valence-corrected chi connectivity index (χ2v) is 4.08. The molecule has 2 rings (SSSR count). The van der Waals surface area contributed by atoms with Gasteiger partial charge in [-0.3, -0.25) is 9.78 Å². The van der Waals surface area contributed by atoms with Crippen molar-refractivity contribution in [2.24, 2.45) is 0 Å². The first-order chi connectivity index (χ1) is 6.34. The van der Waals surface area contributed by atoms with Crippen LogP contribution < -0.4 is 5.32 Å². The molecule has 1 aromatic heterocycles. The van der Waals surface area contributed by atoms with Crippen molar-refractivity contribution in [2.75, 3.05) is 0 Å². The van der Waals surface area contributed by atoms with Crippen molar-refractivity contribution in [2.45, 2.75) is 17.5 Å². The molecule has 1 aliphatic heterocycles. The van der Waals surface area contributed by atoms with Crippen molar-refractivity contribution in [1.29, 1.82) is 0 Å². The molecule has 68 valence electrons. The number of rotatable bonds is 3. The number of hydrogen-bond acceptors (Lipinski definition) is 3. The van der Waals surface area contributed by atoms with Crippen LogP contribution in [0.25, 0.3) is 0 Å². The SMILES string of the molecule is O=C1CC(SCc2ccccn2)N1. The molecule has 3 nitrogen and oxygen atoms in total. The van der Waals surface area contributed by atoms with Crippen LogP contribution in [-0.2, 0) is 10.5 Å². The van der Waals surface area contributed by atoms with Gasteiger partial charge in [0.15, 0.2) is 0 Å². The van der Waals surface area contributed by atoms with E-state index >= 15 is 0 Å². The quantitative estimate of drug-likeness (QED) is 0.734. The molecule has 0 bridgehead atoms. The maximum absolute atomic E-state index is 10.6. The van der Waals surface area contributed by atoms with E-state index in [0.29, 0.717) is 11.8 Å². The van der Waals surface area contributed by atoms with E-state index in [1.165, 1.54) is 0 Å². The molecule has 0 radical (unpaired) electrons. The monoisotopic (exact) mass is 194 g/mol. The minimum absolute atomic E-state index is 0.151. The Labute approximate surface area is 80.9 Å². The van der Waals surface area contributed by atoms with Crippen molar-refractivity contribution in [3.63, 3.8) is 0 Å². The summed E-state index contributed by atoms with van der Waals surface area (Å²) in [6, 6.07) is 5.87. The van der Waals surface area contributed by atoms with Crippen molar-refractivity contribution < 1.29 is 4.79 Å². The molecule has 2 heterocycles. The summed E-state index contributed by atoms with van der Waals surface area (Å²) >= 11 is 1.73. The molecule has 1 aromatic rings. The number of carbonyl (C=O) groups is 1. The van der Waals surface area contributed by atoms with Crippen molar-refractivity contribution in [3.8, 4) is 0 Å². The highest BCUT2D eigenvalue weighted by Crippen LogP contribution is 2.21. The van der Waals surface area contributed by atoms with Crippen LogP contribution in [0.5, 0.6) is 0 Å². The van der Waals surface area contributed by atoms with Gasteiger partial charge >= 0.3 is 0 Å². The Morgan fingerprint density at radius 3 is 3.08 bits per heavy atom. The predicted octanol–water partition coefficient (Wildman–Crippen LogP) is 1.16. The maximum Gasteiger partial charge on any atom is 0.223 e. The molecule has 13 heavy (non-hydrogen) atoms. The Kier molecular flexibility index (Phi) is 2.49. The molecule has 0 aliphatic carbocycles. The second-order valence-electron chi connectivity index (χ2n) is 2.89. The molecule has 1 unspecified atom stereocenters. The zero-order chi connectivity index (χ0) is 9.10. The molecule has 1 atom stereocenters. The van der Waals surface area contributed by atoms with Crippen LogP contribution in [0.4, 0.5) is 0 Å². The van der Waals surface area contributed by atoms with E-state index in [9.17, 15) is 4.79 Å². The number of nitrogens with one attached hydrogen (secondary N) is 1. The molecule has 1 fully saturated rings. The van der Waals surface area contributed by atoms with E-state index < -0.39 is 0 Å². The van der Waals surface area contributed by atoms with Crippen LogP contribution in [0.1, 0.15) is 12.1 Å². The van der Waals surface area contributed by atoms with Gasteiger partial charge in [-0.2, -0.15) is 0 Å². The molecule has 1 amide bonds. The van der Waals surface area contributed by atoms with Gasteiger partial charge in [-0.1, -0.05) is 6.07 Å². The molecule has 0 spiro atoms. The number of aromatic nitrogens is 1. The van der Waals surface area contributed by atoms with Crippen LogP contribution in [-0.4, -0.2) is 16.3 Å². The number of hydrogen-bond donors (Lipinski definition) is 1. The highest BCUT2D eigenvalue weighted by molar-refractivity contribution is 7.99. The number of carbonyl (C=O) groups excluding carboxylic acids is 1. The summed E-state index contributed by atoms with van der Waals surface area (Å²) in [6.45, 7) is 0. The second kappa shape index (κ2) is 3.79. The fraction of sp³-hybridized carbons (Fsp3) is 0.333. The van der Waals surface area contributed by atoms with E-state index in [1.807, 2.05) is 18.2 Å². The van der Waals surface area contributed by atoms with Gasteiger partial charge in [-0.05, 0) is 12.1 Å². The van der Waals surface area contributed by atoms with E-state index in [4.69, 9.17) is 0 Å². The van der Waals surface area contributed by atoms with Gasteiger partial charge in [0, 0.05) is 11.9 Å². The standard InChI is InChI=1S/C9H10N2OS/c12-8-5-9(11-8)13-6-7-3-1-2-4-10-7/h1-4,9H,5-6H2,(H,11,12). The average Bonchev–Trinajstić information content (AvgIpc) is 2.12. The summed E-state index contributed by atoms with van der Waals surface area (Å²) in [7, 11) is 0. The largest absolute Gasteiger partial charge is 0.344 e. The molecular formula is C9H10N2OS. The minimum Gasteiger partial charge on any atom is -0.344 e. The number of amides is 1. The van der Waals surface area contributed by atoms with E-state index in [-0.39, 0.29) is 5.91 Å². The summed E-state index contributed by atoms with van der Waals surface area (Å²) in [5.41, 5.74) is 1.06. The van der Waals surface area contributed by atoms with Gasteiger partial charge in [0.05, 0.1) is 17.5 Å². The number of nitrogens with zero attached hydrogens (tertiary/aromatic N) is 1. The van der Waals surface area contributed by atoms with Crippen molar-refractivity contribution in [1.82, 2.24) is 10.3 Å². The molecule has 1 aliphatic rings. The molecule has 0 saturated carbocycles. The summed E-state index contributed by atoms with van der Waals surface area (Å²) in [5.74, 6) is 1.02. The fourth-order valence-electron chi connectivity index (χ4n) is 1.10. The Morgan fingerprint density at radius 2 is 2.46 bits per heavy atom. The van der Waals surface area contributed by atoms with Crippen LogP contribution in [0, 0.1) is 0 Å². The van der Waals surface area contributed by atoms with Gasteiger partial charge in [-0.15, -0.1) is 11.8 Å². The zero-order valence-corrected chi connectivity index (χ0v) is 7.88. The van der Waals surface area contributed by atoms with E-state index in [1.54, 1.807) is 18.0 Å². The lowest BCUT2D eigenvalue weighted by Gasteiger charge is -2.25. The number of pyridine rings is 1. The molecule has 4 heteroatoms. The first-order valence-corrected chi connectivity index (χ1v) is 5.20. The van der Waals surface area contributed by atoms with Crippen molar-refractivity contribution in [3.05, 3.63) is 30.1 Å². The van der Waals surface area contributed by atoms with Crippen molar-refractivity contribution >= 4 is 17.7 Å². The lowest BCUT2D eigenvalue weighted by molar-refractivity contribution is -0.126.